The van der Waals surface area contributed by atoms with Crippen LogP contribution in [0.3, 0.4) is 0 Å². The van der Waals surface area contributed by atoms with Crippen molar-refractivity contribution in [2.45, 2.75) is 58.7 Å². The summed E-state index contributed by atoms with van der Waals surface area (Å²) in [4.78, 5) is 0. The topological polar surface area (TPSA) is 18.5 Å². The van der Waals surface area contributed by atoms with Gasteiger partial charge in [0.05, 0.1) is 12.2 Å². The standard InChI is InChI=1S/C15H22O2/c1-10(2)15-13(16-11(3)4)6-5-7-14(15)17-12-8-9-12/h5-7,10-12H,8-9H2,1-4H3. The highest BCUT2D eigenvalue weighted by Gasteiger charge is 2.26. The van der Waals surface area contributed by atoms with Gasteiger partial charge in [0.25, 0.3) is 0 Å². The predicted molar refractivity (Wildman–Crippen MR) is 69.9 cm³/mol. The Balaban J connectivity index is 2.29. The molecule has 2 heteroatoms. The van der Waals surface area contributed by atoms with E-state index in [2.05, 4.69) is 33.8 Å². The van der Waals surface area contributed by atoms with Gasteiger partial charge in [-0.15, -0.1) is 0 Å². The monoisotopic (exact) mass is 234 g/mol. The molecular weight excluding hydrogens is 212 g/mol. The molecule has 0 aromatic heterocycles. The minimum atomic E-state index is 0.198. The summed E-state index contributed by atoms with van der Waals surface area (Å²) in [5.41, 5.74) is 1.20. The smallest absolute Gasteiger partial charge is 0.126 e. The molecule has 1 fully saturated rings. The van der Waals surface area contributed by atoms with Crippen LogP contribution in [0.4, 0.5) is 0 Å². The molecular formula is C15H22O2. The summed E-state index contributed by atoms with van der Waals surface area (Å²) in [5, 5.41) is 0. The van der Waals surface area contributed by atoms with Crippen LogP contribution in [0.1, 0.15) is 52.0 Å². The maximum atomic E-state index is 5.96. The van der Waals surface area contributed by atoms with Crippen LogP contribution < -0.4 is 9.47 Å². The average molecular weight is 234 g/mol. The Bertz CT molecular complexity index is 356. The van der Waals surface area contributed by atoms with Crippen molar-refractivity contribution in [3.8, 4) is 11.5 Å². The average Bonchev–Trinajstić information content (AvgIpc) is 3.00. The molecule has 2 rings (SSSR count). The van der Waals surface area contributed by atoms with Gasteiger partial charge in [0.2, 0.25) is 0 Å². The maximum Gasteiger partial charge on any atom is 0.126 e. The number of rotatable bonds is 5. The van der Waals surface area contributed by atoms with E-state index in [0.717, 1.165) is 11.5 Å². The Labute approximate surface area is 104 Å². The zero-order valence-electron chi connectivity index (χ0n) is 11.2. The van der Waals surface area contributed by atoms with E-state index in [4.69, 9.17) is 9.47 Å². The van der Waals surface area contributed by atoms with Crippen molar-refractivity contribution in [1.82, 2.24) is 0 Å². The molecule has 0 amide bonds. The van der Waals surface area contributed by atoms with E-state index >= 15 is 0 Å². The van der Waals surface area contributed by atoms with Gasteiger partial charge < -0.3 is 9.47 Å². The Morgan fingerprint density at radius 1 is 1.06 bits per heavy atom. The lowest BCUT2D eigenvalue weighted by atomic mass is 10.0. The first kappa shape index (κ1) is 12.3. The minimum absolute atomic E-state index is 0.198. The number of hydrogen-bond acceptors (Lipinski definition) is 2. The second-order valence-corrected chi connectivity index (χ2v) is 5.31. The van der Waals surface area contributed by atoms with Crippen molar-refractivity contribution < 1.29 is 9.47 Å². The minimum Gasteiger partial charge on any atom is -0.491 e. The number of hydrogen-bond donors (Lipinski definition) is 0. The van der Waals surface area contributed by atoms with Crippen LogP contribution in [-0.4, -0.2) is 12.2 Å². The van der Waals surface area contributed by atoms with Gasteiger partial charge >= 0.3 is 0 Å². The number of ether oxygens (including phenoxy) is 2. The summed E-state index contributed by atoms with van der Waals surface area (Å²) in [5.74, 6) is 2.38. The molecule has 0 saturated heterocycles. The normalized spacial score (nSPS) is 15.4. The van der Waals surface area contributed by atoms with E-state index in [-0.39, 0.29) is 6.10 Å². The van der Waals surface area contributed by atoms with Gasteiger partial charge in [-0.3, -0.25) is 0 Å². The molecule has 0 aliphatic heterocycles. The fourth-order valence-electron chi connectivity index (χ4n) is 1.92. The van der Waals surface area contributed by atoms with E-state index < -0.39 is 0 Å². The SMILES string of the molecule is CC(C)Oc1cccc(OC2CC2)c1C(C)C. The Morgan fingerprint density at radius 3 is 2.24 bits per heavy atom. The summed E-state index contributed by atoms with van der Waals surface area (Å²) >= 11 is 0. The molecule has 17 heavy (non-hydrogen) atoms. The first-order valence-corrected chi connectivity index (χ1v) is 6.54. The highest BCUT2D eigenvalue weighted by Crippen LogP contribution is 2.38. The lowest BCUT2D eigenvalue weighted by Crippen LogP contribution is -2.09. The molecule has 2 nitrogen and oxygen atoms in total. The van der Waals surface area contributed by atoms with Crippen LogP contribution in [0.15, 0.2) is 18.2 Å². The first-order valence-electron chi connectivity index (χ1n) is 6.54. The van der Waals surface area contributed by atoms with Gasteiger partial charge in [-0.05, 0) is 44.7 Å². The summed E-state index contributed by atoms with van der Waals surface area (Å²) in [6, 6.07) is 6.11. The molecule has 1 aromatic carbocycles. The summed E-state index contributed by atoms with van der Waals surface area (Å²) in [6.07, 6.45) is 3.00. The molecule has 0 bridgehead atoms. The van der Waals surface area contributed by atoms with Gasteiger partial charge in [0.15, 0.2) is 0 Å². The molecule has 0 radical (unpaired) electrons. The van der Waals surface area contributed by atoms with Crippen molar-refractivity contribution in [3.63, 3.8) is 0 Å². The quantitative estimate of drug-likeness (QED) is 0.762. The van der Waals surface area contributed by atoms with Crippen molar-refractivity contribution in [2.24, 2.45) is 0 Å². The lowest BCUT2D eigenvalue weighted by Gasteiger charge is -2.20. The fraction of sp³-hybridized carbons (Fsp3) is 0.600. The molecule has 1 aliphatic rings. The van der Waals surface area contributed by atoms with Crippen LogP contribution in [0.2, 0.25) is 0 Å². The van der Waals surface area contributed by atoms with E-state index in [1.165, 1.54) is 18.4 Å². The number of benzene rings is 1. The van der Waals surface area contributed by atoms with Crippen LogP contribution in [0.25, 0.3) is 0 Å². The third-order valence-electron chi connectivity index (χ3n) is 2.78. The van der Waals surface area contributed by atoms with Crippen molar-refractivity contribution in [3.05, 3.63) is 23.8 Å². The van der Waals surface area contributed by atoms with Gasteiger partial charge in [-0.1, -0.05) is 19.9 Å². The second-order valence-electron chi connectivity index (χ2n) is 5.31. The van der Waals surface area contributed by atoms with Crippen molar-refractivity contribution >= 4 is 0 Å². The Kier molecular flexibility index (Phi) is 3.60. The Morgan fingerprint density at radius 2 is 1.71 bits per heavy atom. The summed E-state index contributed by atoms with van der Waals surface area (Å²) in [7, 11) is 0. The van der Waals surface area contributed by atoms with Crippen LogP contribution in [-0.2, 0) is 0 Å². The van der Waals surface area contributed by atoms with E-state index in [1.54, 1.807) is 0 Å². The molecule has 0 heterocycles. The van der Waals surface area contributed by atoms with Crippen LogP contribution in [0.5, 0.6) is 11.5 Å². The van der Waals surface area contributed by atoms with E-state index in [1.807, 2.05) is 12.1 Å². The molecule has 0 unspecified atom stereocenters. The fourth-order valence-corrected chi connectivity index (χ4v) is 1.92. The van der Waals surface area contributed by atoms with Gasteiger partial charge in [-0.25, -0.2) is 0 Å². The Hall–Kier alpha value is -1.18. The largest absolute Gasteiger partial charge is 0.491 e. The van der Waals surface area contributed by atoms with E-state index in [9.17, 15) is 0 Å². The molecule has 94 valence electrons. The molecule has 1 aromatic rings. The highest BCUT2D eigenvalue weighted by atomic mass is 16.5. The highest BCUT2D eigenvalue weighted by molar-refractivity contribution is 5.47. The van der Waals surface area contributed by atoms with Gasteiger partial charge in [0.1, 0.15) is 11.5 Å². The zero-order chi connectivity index (χ0) is 12.4. The van der Waals surface area contributed by atoms with Gasteiger partial charge in [-0.2, -0.15) is 0 Å². The van der Waals surface area contributed by atoms with Crippen molar-refractivity contribution in [1.29, 1.82) is 0 Å². The molecule has 0 N–H and O–H groups in total. The second kappa shape index (κ2) is 4.99. The summed E-state index contributed by atoms with van der Waals surface area (Å²) < 4.78 is 11.8. The molecule has 1 saturated carbocycles. The molecule has 0 spiro atoms. The lowest BCUT2D eigenvalue weighted by molar-refractivity contribution is 0.235. The maximum absolute atomic E-state index is 5.96. The van der Waals surface area contributed by atoms with Crippen LogP contribution in [0, 0.1) is 0 Å². The zero-order valence-corrected chi connectivity index (χ0v) is 11.2. The molecule has 0 atom stereocenters. The van der Waals surface area contributed by atoms with E-state index in [0.29, 0.717) is 12.0 Å². The third kappa shape index (κ3) is 3.15. The molecule has 1 aliphatic carbocycles. The van der Waals surface area contributed by atoms with Crippen LogP contribution >= 0.6 is 0 Å². The first-order chi connectivity index (χ1) is 8.08. The summed E-state index contributed by atoms with van der Waals surface area (Å²) in [6.45, 7) is 8.47. The van der Waals surface area contributed by atoms with Crippen molar-refractivity contribution in [2.75, 3.05) is 0 Å². The third-order valence-corrected chi connectivity index (χ3v) is 2.78. The predicted octanol–water partition coefficient (Wildman–Crippen LogP) is 4.14. The van der Waals surface area contributed by atoms with Gasteiger partial charge in [0, 0.05) is 5.56 Å².